The van der Waals surface area contributed by atoms with Gasteiger partial charge in [0.15, 0.2) is 0 Å². The molecule has 0 heterocycles. The smallest absolute Gasteiger partial charge is 0.0526 e. The van der Waals surface area contributed by atoms with E-state index < -0.39 is 0 Å². The van der Waals surface area contributed by atoms with Crippen molar-refractivity contribution in [2.24, 2.45) is 5.92 Å². The topological polar surface area (TPSA) is 0 Å². The summed E-state index contributed by atoms with van der Waals surface area (Å²) in [6.07, 6.45) is 1.17. The molecule has 14 heavy (non-hydrogen) atoms. The summed E-state index contributed by atoms with van der Waals surface area (Å²) in [7, 11) is 0. The number of rotatable bonds is 1. The van der Waals surface area contributed by atoms with Gasteiger partial charge in [0.2, 0.25) is 0 Å². The van der Waals surface area contributed by atoms with E-state index in [1.54, 1.807) is 0 Å². The van der Waals surface area contributed by atoms with Crippen molar-refractivity contribution >= 4 is 47.8 Å². The van der Waals surface area contributed by atoms with Crippen molar-refractivity contribution in [2.75, 3.05) is 5.33 Å². The minimum Gasteiger partial charge on any atom is -0.0925 e. The maximum absolute atomic E-state index is 3.77. The van der Waals surface area contributed by atoms with E-state index in [0.717, 1.165) is 5.33 Å². The Morgan fingerprint density at radius 1 is 1.21 bits per heavy atom. The first-order valence-corrected chi connectivity index (χ1v) is 7.61. The van der Waals surface area contributed by atoms with Crippen molar-refractivity contribution < 1.29 is 0 Å². The highest BCUT2D eigenvalue weighted by Gasteiger charge is 2.32. The number of hydrogen-bond acceptors (Lipinski definition) is 0. The molecule has 0 spiro atoms. The summed E-state index contributed by atoms with van der Waals surface area (Å²) in [5, 5.41) is 1.05. The van der Waals surface area contributed by atoms with Crippen molar-refractivity contribution in [3.63, 3.8) is 0 Å². The van der Waals surface area contributed by atoms with Crippen LogP contribution in [0.15, 0.2) is 24.3 Å². The number of halogens is 3. The summed E-state index contributed by atoms with van der Waals surface area (Å²) in [6, 6.07) is 8.69. The molecule has 0 aliphatic heterocycles. The molecule has 0 aromatic heterocycles. The molecule has 1 aromatic rings. The quantitative estimate of drug-likeness (QED) is 0.629. The van der Waals surface area contributed by atoms with Crippen LogP contribution in [0, 0.1) is 5.92 Å². The van der Waals surface area contributed by atoms with Gasteiger partial charge in [-0.15, -0.1) is 0 Å². The van der Waals surface area contributed by atoms with Crippen LogP contribution in [0.4, 0.5) is 0 Å². The minimum atomic E-state index is 0.440. The average molecular weight is 383 g/mol. The largest absolute Gasteiger partial charge is 0.0925 e. The normalized spacial score (nSPS) is 31.2. The molecule has 0 N–H and O–H groups in total. The number of fused-ring (bicyclic) bond motifs is 1. The highest BCUT2D eigenvalue weighted by Crippen LogP contribution is 2.43. The predicted octanol–water partition coefficient (Wildman–Crippen LogP) is 4.45. The zero-order valence-corrected chi connectivity index (χ0v) is 12.3. The van der Waals surface area contributed by atoms with Gasteiger partial charge in [0.05, 0.1) is 4.83 Å². The Labute approximate surface area is 110 Å². The number of hydrogen-bond donors (Lipinski definition) is 0. The van der Waals surface area contributed by atoms with Crippen molar-refractivity contribution in [3.8, 4) is 0 Å². The highest BCUT2D eigenvalue weighted by molar-refractivity contribution is 9.12. The summed E-state index contributed by atoms with van der Waals surface area (Å²) in [4.78, 5) is 0.965. The Balaban J connectivity index is 2.37. The second-order valence-corrected chi connectivity index (χ2v) is 6.35. The van der Waals surface area contributed by atoms with Gasteiger partial charge in [-0.25, -0.2) is 0 Å². The van der Waals surface area contributed by atoms with E-state index in [1.807, 2.05) is 0 Å². The van der Waals surface area contributed by atoms with E-state index >= 15 is 0 Å². The number of alkyl halides is 3. The van der Waals surface area contributed by atoms with Gasteiger partial charge < -0.3 is 0 Å². The molecule has 0 unspecified atom stereocenters. The van der Waals surface area contributed by atoms with Crippen molar-refractivity contribution in [3.05, 3.63) is 35.4 Å². The standard InChI is InChI=1S/C11H11Br3/c12-6-8-5-7-3-1-2-4-9(7)11(14)10(8)13/h1-4,8,10-11H,5-6H2/t8-,10-,11-/m1/s1. The third kappa shape index (κ3) is 1.96. The highest BCUT2D eigenvalue weighted by atomic mass is 79.9. The molecular formula is C11H11Br3. The Hall–Kier alpha value is 0.660. The van der Waals surface area contributed by atoms with E-state index in [4.69, 9.17) is 0 Å². The van der Waals surface area contributed by atoms with Crippen molar-refractivity contribution in [1.82, 2.24) is 0 Å². The van der Waals surface area contributed by atoms with Crippen LogP contribution in [0.25, 0.3) is 0 Å². The molecule has 2 rings (SSSR count). The maximum Gasteiger partial charge on any atom is 0.0526 e. The van der Waals surface area contributed by atoms with Crippen LogP contribution in [-0.2, 0) is 6.42 Å². The van der Waals surface area contributed by atoms with E-state index in [2.05, 4.69) is 72.1 Å². The first-order chi connectivity index (χ1) is 6.74. The molecule has 0 saturated carbocycles. The van der Waals surface area contributed by atoms with Gasteiger partial charge in [0.1, 0.15) is 0 Å². The van der Waals surface area contributed by atoms with Crippen molar-refractivity contribution in [1.29, 1.82) is 0 Å². The first kappa shape index (κ1) is 11.2. The van der Waals surface area contributed by atoms with E-state index in [-0.39, 0.29) is 0 Å². The molecule has 1 aromatic carbocycles. The zero-order valence-electron chi connectivity index (χ0n) is 7.59. The third-order valence-electron chi connectivity index (χ3n) is 2.76. The Morgan fingerprint density at radius 3 is 2.64 bits per heavy atom. The fourth-order valence-corrected chi connectivity index (χ4v) is 4.60. The fourth-order valence-electron chi connectivity index (χ4n) is 1.93. The lowest BCUT2D eigenvalue weighted by atomic mass is 9.85. The predicted molar refractivity (Wildman–Crippen MR) is 71.8 cm³/mol. The van der Waals surface area contributed by atoms with Gasteiger partial charge in [0.25, 0.3) is 0 Å². The monoisotopic (exact) mass is 380 g/mol. The minimum absolute atomic E-state index is 0.440. The molecule has 76 valence electrons. The molecule has 3 heteroatoms. The molecule has 3 atom stereocenters. The average Bonchev–Trinajstić information content (AvgIpc) is 2.23. The molecule has 0 nitrogen and oxygen atoms in total. The summed E-state index contributed by atoms with van der Waals surface area (Å²) in [5.41, 5.74) is 2.92. The Kier molecular flexibility index (Phi) is 3.72. The van der Waals surface area contributed by atoms with Crippen LogP contribution in [0.3, 0.4) is 0 Å². The van der Waals surface area contributed by atoms with Crippen LogP contribution in [-0.4, -0.2) is 10.2 Å². The van der Waals surface area contributed by atoms with Crippen molar-refractivity contribution in [2.45, 2.75) is 16.1 Å². The van der Waals surface area contributed by atoms with Crippen LogP contribution in [0.5, 0.6) is 0 Å². The molecular weight excluding hydrogens is 372 g/mol. The fraction of sp³-hybridized carbons (Fsp3) is 0.455. The summed E-state index contributed by atoms with van der Waals surface area (Å²) >= 11 is 11.1. The van der Waals surface area contributed by atoms with E-state index in [0.29, 0.717) is 15.6 Å². The first-order valence-electron chi connectivity index (χ1n) is 4.66. The third-order valence-corrected chi connectivity index (χ3v) is 6.64. The van der Waals surface area contributed by atoms with Crippen LogP contribution >= 0.6 is 47.8 Å². The molecule has 0 amide bonds. The molecule has 1 aliphatic carbocycles. The van der Waals surface area contributed by atoms with Gasteiger partial charge in [-0.05, 0) is 23.5 Å². The maximum atomic E-state index is 3.77. The summed E-state index contributed by atoms with van der Waals surface area (Å²) < 4.78 is 0. The Bertz CT molecular complexity index is 324. The lowest BCUT2D eigenvalue weighted by Gasteiger charge is -2.32. The van der Waals surface area contributed by atoms with Gasteiger partial charge in [-0.1, -0.05) is 72.1 Å². The zero-order chi connectivity index (χ0) is 10.1. The lowest BCUT2D eigenvalue weighted by Crippen LogP contribution is -2.28. The van der Waals surface area contributed by atoms with E-state index in [1.165, 1.54) is 17.5 Å². The van der Waals surface area contributed by atoms with Gasteiger partial charge >= 0.3 is 0 Å². The van der Waals surface area contributed by atoms with Crippen LogP contribution in [0.1, 0.15) is 16.0 Å². The molecule has 0 fully saturated rings. The van der Waals surface area contributed by atoms with Gasteiger partial charge in [0, 0.05) is 10.2 Å². The lowest BCUT2D eigenvalue weighted by molar-refractivity contribution is 0.532. The summed E-state index contributed by atoms with van der Waals surface area (Å²) in [5.74, 6) is 0.675. The molecule has 0 saturated heterocycles. The second kappa shape index (κ2) is 4.67. The van der Waals surface area contributed by atoms with Gasteiger partial charge in [-0.3, -0.25) is 0 Å². The molecule has 0 radical (unpaired) electrons. The Morgan fingerprint density at radius 2 is 1.93 bits per heavy atom. The van der Waals surface area contributed by atoms with E-state index in [9.17, 15) is 0 Å². The van der Waals surface area contributed by atoms with Gasteiger partial charge in [-0.2, -0.15) is 0 Å². The molecule has 0 bridgehead atoms. The summed E-state index contributed by atoms with van der Waals surface area (Å²) in [6.45, 7) is 0. The molecule has 1 aliphatic rings. The second-order valence-electron chi connectivity index (χ2n) is 3.66. The number of benzene rings is 1. The van der Waals surface area contributed by atoms with Crippen LogP contribution in [0.2, 0.25) is 0 Å². The SMILES string of the molecule is BrC[C@H]1Cc2ccccc2[C@@H](Br)[C@@H]1Br. The van der Waals surface area contributed by atoms with Crippen LogP contribution < -0.4 is 0 Å².